The number of benzene rings is 1. The van der Waals surface area contributed by atoms with Crippen LogP contribution in [0.4, 0.5) is 0 Å². The number of carboxylic acids is 2. The van der Waals surface area contributed by atoms with Gasteiger partial charge in [0.15, 0.2) is 0 Å². The van der Waals surface area contributed by atoms with Crippen LogP contribution in [0.25, 0.3) is 0 Å². The molecule has 7 nitrogen and oxygen atoms in total. The maximum atomic E-state index is 11.7. The highest BCUT2D eigenvalue weighted by Crippen LogP contribution is 2.18. The third kappa shape index (κ3) is 3.76. The van der Waals surface area contributed by atoms with Gasteiger partial charge in [-0.25, -0.2) is 9.59 Å². The topological polar surface area (TPSA) is 118 Å². The molecule has 0 unspecified atom stereocenters. The van der Waals surface area contributed by atoms with Crippen LogP contribution in [0, 0.1) is 0 Å². The Hall–Kier alpha value is -1.93. The molecule has 1 aromatic rings. The van der Waals surface area contributed by atoms with Gasteiger partial charge in [-0.15, -0.1) is 0 Å². The first-order valence-corrected chi connectivity index (χ1v) is 6.70. The van der Waals surface area contributed by atoms with Crippen molar-refractivity contribution in [3.05, 3.63) is 29.3 Å². The van der Waals surface area contributed by atoms with Gasteiger partial charge in [0.25, 0.3) is 10.1 Å². The molecule has 0 aliphatic carbocycles. The molecule has 1 rings (SSSR count). The molecule has 8 heteroatoms. The predicted molar refractivity (Wildman–Crippen MR) is 63.8 cm³/mol. The highest BCUT2D eigenvalue weighted by Gasteiger charge is 2.20. The van der Waals surface area contributed by atoms with Crippen molar-refractivity contribution in [3.8, 4) is 0 Å². The Morgan fingerprint density at radius 1 is 1.11 bits per heavy atom. The third-order valence-corrected chi connectivity index (χ3v) is 3.42. The standard InChI is InChI=1S/C11H12O7S/c1-2-3-18-19(16,17)9-5-7(10(12)13)4-8(6-9)11(14)15/h4-6H,2-3H2,1H3,(H,12,13)(H,14,15). The molecule has 0 fully saturated rings. The van der Waals surface area contributed by atoms with E-state index in [1.807, 2.05) is 0 Å². The average molecular weight is 288 g/mol. The monoisotopic (exact) mass is 288 g/mol. The molecule has 0 saturated heterocycles. The molecular formula is C11H12O7S. The molecule has 19 heavy (non-hydrogen) atoms. The van der Waals surface area contributed by atoms with E-state index >= 15 is 0 Å². The maximum absolute atomic E-state index is 11.7. The van der Waals surface area contributed by atoms with Gasteiger partial charge < -0.3 is 10.2 Å². The molecule has 0 radical (unpaired) electrons. The zero-order valence-corrected chi connectivity index (χ0v) is 10.8. The summed E-state index contributed by atoms with van der Waals surface area (Å²) in [6.07, 6.45) is 0.448. The molecule has 0 saturated carbocycles. The van der Waals surface area contributed by atoms with Crippen LogP contribution < -0.4 is 0 Å². The van der Waals surface area contributed by atoms with Gasteiger partial charge in [-0.05, 0) is 24.6 Å². The smallest absolute Gasteiger partial charge is 0.335 e. The Morgan fingerprint density at radius 3 is 1.95 bits per heavy atom. The number of carboxylic acid groups (broad SMARTS) is 2. The quantitative estimate of drug-likeness (QED) is 0.755. The molecule has 0 amide bonds. The van der Waals surface area contributed by atoms with Crippen molar-refractivity contribution < 1.29 is 32.4 Å². The van der Waals surface area contributed by atoms with E-state index in [0.29, 0.717) is 6.42 Å². The largest absolute Gasteiger partial charge is 0.478 e. The Bertz CT molecular complexity index is 571. The second-order valence-corrected chi connectivity index (χ2v) is 5.25. The molecule has 0 bridgehead atoms. The summed E-state index contributed by atoms with van der Waals surface area (Å²) in [5.74, 6) is -2.84. The van der Waals surface area contributed by atoms with E-state index < -0.39 is 38.1 Å². The summed E-state index contributed by atoms with van der Waals surface area (Å²) in [6.45, 7) is 1.63. The van der Waals surface area contributed by atoms with Crippen LogP contribution in [0.2, 0.25) is 0 Å². The summed E-state index contributed by atoms with van der Waals surface area (Å²) < 4.78 is 28.1. The van der Waals surface area contributed by atoms with Crippen LogP contribution >= 0.6 is 0 Å². The van der Waals surface area contributed by atoms with Gasteiger partial charge in [0, 0.05) is 0 Å². The molecule has 0 atom stereocenters. The highest BCUT2D eigenvalue weighted by atomic mass is 32.2. The summed E-state index contributed by atoms with van der Waals surface area (Å²) in [4.78, 5) is 21.2. The third-order valence-electron chi connectivity index (χ3n) is 2.13. The van der Waals surface area contributed by atoms with Crippen molar-refractivity contribution in [2.45, 2.75) is 18.2 Å². The minimum atomic E-state index is -4.16. The molecule has 0 aliphatic heterocycles. The minimum absolute atomic E-state index is 0.0674. The van der Waals surface area contributed by atoms with Gasteiger partial charge in [0.05, 0.1) is 22.6 Å². The fourth-order valence-corrected chi connectivity index (χ4v) is 2.32. The predicted octanol–water partition coefficient (Wildman–Crippen LogP) is 1.20. The fraction of sp³-hybridized carbons (Fsp3) is 0.273. The van der Waals surface area contributed by atoms with Crippen molar-refractivity contribution in [2.75, 3.05) is 6.61 Å². The van der Waals surface area contributed by atoms with E-state index in [4.69, 9.17) is 10.2 Å². The minimum Gasteiger partial charge on any atom is -0.478 e. The summed E-state index contributed by atoms with van der Waals surface area (Å²) in [6, 6.07) is 2.60. The van der Waals surface area contributed by atoms with Crippen LogP contribution in [0.5, 0.6) is 0 Å². The van der Waals surface area contributed by atoms with Crippen molar-refractivity contribution >= 4 is 22.1 Å². The van der Waals surface area contributed by atoms with Gasteiger partial charge in [-0.1, -0.05) is 6.92 Å². The SMILES string of the molecule is CCCOS(=O)(=O)c1cc(C(=O)O)cc(C(=O)O)c1. The molecule has 0 aliphatic rings. The number of carbonyl (C=O) groups is 2. The van der Waals surface area contributed by atoms with E-state index in [2.05, 4.69) is 4.18 Å². The van der Waals surface area contributed by atoms with Crippen LogP contribution in [-0.4, -0.2) is 37.2 Å². The number of hydrogen-bond donors (Lipinski definition) is 2. The number of aromatic carboxylic acids is 2. The zero-order chi connectivity index (χ0) is 14.6. The molecule has 2 N–H and O–H groups in total. The van der Waals surface area contributed by atoms with E-state index in [1.54, 1.807) is 6.92 Å². The Morgan fingerprint density at radius 2 is 1.58 bits per heavy atom. The van der Waals surface area contributed by atoms with E-state index in [9.17, 15) is 18.0 Å². The van der Waals surface area contributed by atoms with Crippen LogP contribution in [0.15, 0.2) is 23.1 Å². The summed E-state index contributed by atoms with van der Waals surface area (Å²) in [5, 5.41) is 17.7. The molecule has 1 aromatic carbocycles. The first-order chi connectivity index (χ1) is 8.77. The summed E-state index contributed by atoms with van der Waals surface area (Å²) >= 11 is 0. The Labute approximate surface area is 109 Å². The molecule has 0 spiro atoms. The van der Waals surface area contributed by atoms with E-state index in [0.717, 1.165) is 18.2 Å². The zero-order valence-electron chi connectivity index (χ0n) is 9.99. The van der Waals surface area contributed by atoms with Crippen LogP contribution in [-0.2, 0) is 14.3 Å². The lowest BCUT2D eigenvalue weighted by Gasteiger charge is -2.07. The molecule has 0 aromatic heterocycles. The lowest BCUT2D eigenvalue weighted by molar-refractivity contribution is 0.0696. The van der Waals surface area contributed by atoms with Gasteiger partial charge in [-0.3, -0.25) is 4.18 Å². The highest BCUT2D eigenvalue weighted by molar-refractivity contribution is 7.86. The van der Waals surface area contributed by atoms with E-state index in [-0.39, 0.29) is 6.61 Å². The lowest BCUT2D eigenvalue weighted by atomic mass is 10.1. The molecular weight excluding hydrogens is 276 g/mol. The van der Waals surface area contributed by atoms with Gasteiger partial charge in [0.1, 0.15) is 0 Å². The van der Waals surface area contributed by atoms with Crippen LogP contribution in [0.1, 0.15) is 34.1 Å². The molecule has 104 valence electrons. The second-order valence-electron chi connectivity index (χ2n) is 3.63. The number of hydrogen-bond acceptors (Lipinski definition) is 5. The summed E-state index contributed by atoms with van der Waals surface area (Å²) in [5.41, 5.74) is -0.864. The van der Waals surface area contributed by atoms with Gasteiger partial charge in [0.2, 0.25) is 0 Å². The number of rotatable bonds is 6. The molecule has 0 heterocycles. The first-order valence-electron chi connectivity index (χ1n) is 5.29. The Kier molecular flexibility index (Phi) is 4.62. The van der Waals surface area contributed by atoms with Crippen molar-refractivity contribution in [2.24, 2.45) is 0 Å². The van der Waals surface area contributed by atoms with Gasteiger partial charge in [-0.2, -0.15) is 8.42 Å². The fourth-order valence-electron chi connectivity index (χ4n) is 1.25. The normalized spacial score (nSPS) is 11.2. The van der Waals surface area contributed by atoms with Crippen LogP contribution in [0.3, 0.4) is 0 Å². The van der Waals surface area contributed by atoms with Crippen molar-refractivity contribution in [1.29, 1.82) is 0 Å². The van der Waals surface area contributed by atoms with Gasteiger partial charge >= 0.3 is 11.9 Å². The Balaban J connectivity index is 3.35. The lowest BCUT2D eigenvalue weighted by Crippen LogP contribution is -2.11. The van der Waals surface area contributed by atoms with E-state index in [1.165, 1.54) is 0 Å². The summed E-state index contributed by atoms with van der Waals surface area (Å²) in [7, 11) is -4.16. The maximum Gasteiger partial charge on any atom is 0.335 e. The first kappa shape index (κ1) is 15.1. The second kappa shape index (κ2) is 5.81. The average Bonchev–Trinajstić information content (AvgIpc) is 2.35. The van der Waals surface area contributed by atoms with Crippen molar-refractivity contribution in [1.82, 2.24) is 0 Å². The van der Waals surface area contributed by atoms with Crippen molar-refractivity contribution in [3.63, 3.8) is 0 Å².